The van der Waals surface area contributed by atoms with E-state index in [1.807, 2.05) is 13.8 Å². The molecule has 1 aliphatic rings. The molecular formula is C18H17ClO6S. The maximum atomic E-state index is 11.7. The largest absolute Gasteiger partial charge is 0.487 e. The molecule has 1 heterocycles. The van der Waals surface area contributed by atoms with Crippen LogP contribution in [0.25, 0.3) is 0 Å². The van der Waals surface area contributed by atoms with Crippen molar-refractivity contribution in [3.8, 4) is 17.2 Å². The molecule has 3 rings (SSSR count). The van der Waals surface area contributed by atoms with E-state index in [0.29, 0.717) is 23.7 Å². The van der Waals surface area contributed by atoms with Crippen molar-refractivity contribution in [2.45, 2.75) is 30.8 Å². The number of carboxylic acid groups (broad SMARTS) is 1. The number of hydrogen-bond acceptors (Lipinski definition) is 5. The first-order chi connectivity index (χ1) is 12.0. The molecule has 1 aliphatic heterocycles. The zero-order valence-corrected chi connectivity index (χ0v) is 15.9. The second-order valence-corrected chi connectivity index (χ2v) is 9.15. The van der Waals surface area contributed by atoms with Gasteiger partial charge in [0.1, 0.15) is 22.8 Å². The molecule has 0 radical (unpaired) electrons. The van der Waals surface area contributed by atoms with E-state index in [0.717, 1.165) is 11.8 Å². The third-order valence-electron chi connectivity index (χ3n) is 3.93. The highest BCUT2D eigenvalue weighted by atomic mass is 35.5. The number of aromatic carboxylic acids is 1. The van der Waals surface area contributed by atoms with Crippen LogP contribution in [0.5, 0.6) is 17.2 Å². The molecule has 8 heteroatoms. The summed E-state index contributed by atoms with van der Waals surface area (Å²) in [7, 11) is -3.45. The summed E-state index contributed by atoms with van der Waals surface area (Å²) in [4.78, 5) is 11.4. The van der Waals surface area contributed by atoms with Gasteiger partial charge in [-0.1, -0.05) is 11.6 Å². The van der Waals surface area contributed by atoms with Gasteiger partial charge in [0, 0.05) is 24.3 Å². The number of ether oxygens (including phenoxy) is 2. The highest BCUT2D eigenvalue weighted by Gasteiger charge is 2.34. The minimum atomic E-state index is -3.45. The van der Waals surface area contributed by atoms with Gasteiger partial charge >= 0.3 is 5.97 Å². The van der Waals surface area contributed by atoms with E-state index in [9.17, 15) is 18.3 Å². The summed E-state index contributed by atoms with van der Waals surface area (Å²) in [5.74, 6) is 0.00524. The molecule has 138 valence electrons. The predicted octanol–water partition coefficient (Wildman–Crippen LogP) is 3.95. The monoisotopic (exact) mass is 396 g/mol. The highest BCUT2D eigenvalue weighted by Crippen LogP contribution is 2.43. The topological polar surface area (TPSA) is 89.9 Å². The van der Waals surface area contributed by atoms with Gasteiger partial charge in [-0.25, -0.2) is 13.2 Å². The Kier molecular flexibility index (Phi) is 4.40. The van der Waals surface area contributed by atoms with E-state index in [1.165, 1.54) is 30.3 Å². The van der Waals surface area contributed by atoms with Crippen LogP contribution >= 0.6 is 11.6 Å². The number of fused-ring (bicyclic) bond motifs is 1. The van der Waals surface area contributed by atoms with Crippen LogP contribution in [0.3, 0.4) is 0 Å². The van der Waals surface area contributed by atoms with Gasteiger partial charge in [-0.2, -0.15) is 0 Å². The number of carboxylic acids is 1. The Morgan fingerprint density at radius 2 is 1.96 bits per heavy atom. The molecule has 6 nitrogen and oxygen atoms in total. The Morgan fingerprint density at radius 1 is 1.27 bits per heavy atom. The van der Waals surface area contributed by atoms with Crippen molar-refractivity contribution in [1.82, 2.24) is 0 Å². The van der Waals surface area contributed by atoms with Gasteiger partial charge in [0.15, 0.2) is 9.84 Å². The summed E-state index contributed by atoms with van der Waals surface area (Å²) in [5.41, 5.74) is 0.314. The van der Waals surface area contributed by atoms with Crippen LogP contribution in [0.1, 0.15) is 29.8 Å². The van der Waals surface area contributed by atoms with Crippen LogP contribution in [-0.4, -0.2) is 31.4 Å². The van der Waals surface area contributed by atoms with Crippen LogP contribution in [0, 0.1) is 0 Å². The lowest BCUT2D eigenvalue weighted by Gasteiger charge is -2.16. The zero-order valence-electron chi connectivity index (χ0n) is 14.4. The lowest BCUT2D eigenvalue weighted by Crippen LogP contribution is -2.24. The van der Waals surface area contributed by atoms with Crippen LogP contribution < -0.4 is 9.47 Å². The fourth-order valence-corrected chi connectivity index (χ4v) is 4.15. The van der Waals surface area contributed by atoms with Gasteiger partial charge in [0.05, 0.1) is 15.5 Å². The van der Waals surface area contributed by atoms with Crippen molar-refractivity contribution in [3.05, 3.63) is 46.5 Å². The normalized spacial score (nSPS) is 15.2. The number of carbonyl (C=O) groups is 1. The van der Waals surface area contributed by atoms with E-state index in [4.69, 9.17) is 21.1 Å². The Morgan fingerprint density at radius 3 is 2.54 bits per heavy atom. The number of rotatable bonds is 4. The van der Waals surface area contributed by atoms with Crippen LogP contribution in [-0.2, 0) is 16.3 Å². The molecule has 0 saturated carbocycles. The van der Waals surface area contributed by atoms with Crippen molar-refractivity contribution in [3.63, 3.8) is 0 Å². The third-order valence-corrected chi connectivity index (χ3v) is 5.51. The molecule has 0 aliphatic carbocycles. The van der Waals surface area contributed by atoms with Crippen molar-refractivity contribution in [2.24, 2.45) is 0 Å². The molecule has 0 atom stereocenters. The maximum absolute atomic E-state index is 11.7. The second-order valence-electron chi connectivity index (χ2n) is 6.76. The average Bonchev–Trinajstić information content (AvgIpc) is 2.80. The molecule has 2 aromatic rings. The van der Waals surface area contributed by atoms with Gasteiger partial charge < -0.3 is 14.6 Å². The average molecular weight is 397 g/mol. The van der Waals surface area contributed by atoms with Gasteiger partial charge in [-0.05, 0) is 38.1 Å². The van der Waals surface area contributed by atoms with E-state index in [-0.39, 0.29) is 15.5 Å². The molecule has 0 spiro atoms. The number of sulfone groups is 1. The maximum Gasteiger partial charge on any atom is 0.335 e. The summed E-state index contributed by atoms with van der Waals surface area (Å²) < 4.78 is 35.0. The van der Waals surface area contributed by atoms with E-state index >= 15 is 0 Å². The molecule has 26 heavy (non-hydrogen) atoms. The highest BCUT2D eigenvalue weighted by molar-refractivity contribution is 7.90. The van der Waals surface area contributed by atoms with E-state index in [2.05, 4.69) is 0 Å². The molecule has 0 aromatic heterocycles. The summed E-state index contributed by atoms with van der Waals surface area (Å²) in [5, 5.41) is 9.34. The lowest BCUT2D eigenvalue weighted by atomic mass is 10.00. The van der Waals surface area contributed by atoms with E-state index < -0.39 is 21.4 Å². The standard InChI is InChI=1S/C18H17ClO6S/c1-18(2)9-12-14(6-10(17(20)21)7-15(12)25-18)24-11-4-5-16(13(19)8-11)26(3,22)23/h4-8H,9H2,1-3H3,(H,20,21). The first kappa shape index (κ1) is 18.5. The van der Waals surface area contributed by atoms with E-state index in [1.54, 1.807) is 0 Å². The predicted molar refractivity (Wildman–Crippen MR) is 96.4 cm³/mol. The minimum Gasteiger partial charge on any atom is -0.487 e. The molecule has 0 unspecified atom stereocenters. The zero-order chi connectivity index (χ0) is 19.3. The van der Waals surface area contributed by atoms with Gasteiger partial charge in [-0.3, -0.25) is 0 Å². The molecule has 2 aromatic carbocycles. The summed E-state index contributed by atoms with van der Waals surface area (Å²) >= 11 is 6.05. The summed E-state index contributed by atoms with van der Waals surface area (Å²) in [6, 6.07) is 7.11. The number of benzene rings is 2. The Labute approximate surface area is 156 Å². The molecule has 0 saturated heterocycles. The lowest BCUT2D eigenvalue weighted by molar-refractivity contribution is 0.0695. The first-order valence-electron chi connectivity index (χ1n) is 7.73. The molecule has 0 bridgehead atoms. The Balaban J connectivity index is 2.03. The fourth-order valence-electron chi connectivity index (χ4n) is 2.83. The Bertz CT molecular complexity index is 1010. The second kappa shape index (κ2) is 6.17. The molecule has 0 amide bonds. The van der Waals surface area contributed by atoms with Gasteiger partial charge in [0.2, 0.25) is 0 Å². The fraction of sp³-hybridized carbons (Fsp3) is 0.278. The van der Waals surface area contributed by atoms with Gasteiger partial charge in [-0.15, -0.1) is 0 Å². The van der Waals surface area contributed by atoms with Crippen molar-refractivity contribution in [1.29, 1.82) is 0 Å². The summed E-state index contributed by atoms with van der Waals surface area (Å²) in [6.07, 6.45) is 1.62. The Hall–Kier alpha value is -2.25. The quantitative estimate of drug-likeness (QED) is 0.841. The molecular weight excluding hydrogens is 380 g/mol. The minimum absolute atomic E-state index is 0.000462. The summed E-state index contributed by atoms with van der Waals surface area (Å²) in [6.45, 7) is 3.80. The van der Waals surface area contributed by atoms with Crippen molar-refractivity contribution in [2.75, 3.05) is 6.26 Å². The first-order valence-corrected chi connectivity index (χ1v) is 10.00. The van der Waals surface area contributed by atoms with Crippen LogP contribution in [0.2, 0.25) is 5.02 Å². The van der Waals surface area contributed by atoms with Crippen LogP contribution in [0.15, 0.2) is 35.2 Å². The molecule has 1 N–H and O–H groups in total. The van der Waals surface area contributed by atoms with Crippen molar-refractivity contribution >= 4 is 27.4 Å². The number of halogens is 1. The van der Waals surface area contributed by atoms with Crippen molar-refractivity contribution < 1.29 is 27.8 Å². The SMILES string of the molecule is CC1(C)Cc2c(Oc3ccc(S(C)(=O)=O)c(Cl)c3)cc(C(=O)O)cc2O1. The van der Waals surface area contributed by atoms with Gasteiger partial charge in [0.25, 0.3) is 0 Å². The smallest absolute Gasteiger partial charge is 0.335 e. The molecule has 0 fully saturated rings. The third kappa shape index (κ3) is 3.64. The van der Waals surface area contributed by atoms with Crippen LogP contribution in [0.4, 0.5) is 0 Å². The number of hydrogen-bond donors (Lipinski definition) is 1.